The molecule has 182 valence electrons. The minimum absolute atomic E-state index is 0.580. The molecule has 1 unspecified atom stereocenters. The first kappa shape index (κ1) is 30.1. The molecular formula is C26H55O3P. The van der Waals surface area contributed by atoms with Crippen LogP contribution in [0.15, 0.2) is 0 Å². The van der Waals surface area contributed by atoms with Gasteiger partial charge in [-0.15, -0.1) is 0 Å². The van der Waals surface area contributed by atoms with Gasteiger partial charge in [0.05, 0.1) is 19.4 Å². The van der Waals surface area contributed by atoms with Gasteiger partial charge in [0, 0.05) is 0 Å². The monoisotopic (exact) mass is 446 g/mol. The van der Waals surface area contributed by atoms with Crippen molar-refractivity contribution < 1.29 is 13.6 Å². The summed E-state index contributed by atoms with van der Waals surface area (Å²) in [5, 5.41) is 0. The Morgan fingerprint density at radius 1 is 0.433 bits per heavy atom. The summed E-state index contributed by atoms with van der Waals surface area (Å²) in [6, 6.07) is 0. The quantitative estimate of drug-likeness (QED) is 0.103. The Hall–Kier alpha value is 0.150. The molecule has 0 heterocycles. The molecule has 0 aromatic carbocycles. The summed E-state index contributed by atoms with van der Waals surface area (Å²) < 4.78 is 24.5. The van der Waals surface area contributed by atoms with Gasteiger partial charge in [-0.25, -0.2) is 0 Å². The zero-order chi connectivity index (χ0) is 22.2. The summed E-state index contributed by atoms with van der Waals surface area (Å²) in [6.07, 6.45) is 25.9. The van der Waals surface area contributed by atoms with Crippen molar-refractivity contribution in [3.63, 3.8) is 0 Å². The highest BCUT2D eigenvalue weighted by molar-refractivity contribution is 7.53. The van der Waals surface area contributed by atoms with Crippen molar-refractivity contribution in [2.45, 2.75) is 149 Å². The molecule has 0 aliphatic heterocycles. The van der Waals surface area contributed by atoms with Crippen LogP contribution in [-0.2, 0) is 13.6 Å². The Morgan fingerprint density at radius 2 is 0.733 bits per heavy atom. The number of hydrogen-bond donors (Lipinski definition) is 0. The van der Waals surface area contributed by atoms with Crippen LogP contribution >= 0.6 is 7.60 Å². The van der Waals surface area contributed by atoms with Crippen LogP contribution in [0.25, 0.3) is 0 Å². The fraction of sp³-hybridized carbons (Fsp3) is 1.00. The third-order valence-corrected chi connectivity index (χ3v) is 7.87. The summed E-state index contributed by atoms with van der Waals surface area (Å²) in [5.41, 5.74) is 0. The Labute approximate surface area is 190 Å². The molecule has 0 rings (SSSR count). The molecule has 0 radical (unpaired) electrons. The first-order valence-electron chi connectivity index (χ1n) is 13.6. The molecular weight excluding hydrogens is 391 g/mol. The second-order valence-corrected chi connectivity index (χ2v) is 11.2. The van der Waals surface area contributed by atoms with Gasteiger partial charge < -0.3 is 9.05 Å². The predicted octanol–water partition coefficient (Wildman–Crippen LogP) is 10.1. The zero-order valence-corrected chi connectivity index (χ0v) is 21.8. The first-order chi connectivity index (χ1) is 14.7. The Bertz CT molecular complexity index is 373. The lowest BCUT2D eigenvalue weighted by Crippen LogP contribution is -2.03. The van der Waals surface area contributed by atoms with E-state index >= 15 is 0 Å². The molecule has 0 aliphatic carbocycles. The van der Waals surface area contributed by atoms with Crippen molar-refractivity contribution in [2.75, 3.05) is 19.4 Å². The second kappa shape index (κ2) is 23.8. The molecule has 3 nitrogen and oxygen atoms in total. The van der Waals surface area contributed by atoms with Gasteiger partial charge in [0.1, 0.15) is 0 Å². The average Bonchev–Trinajstić information content (AvgIpc) is 2.75. The van der Waals surface area contributed by atoms with Crippen LogP contribution in [0.3, 0.4) is 0 Å². The molecule has 0 spiro atoms. The fourth-order valence-electron chi connectivity index (χ4n) is 3.75. The maximum Gasteiger partial charge on any atom is 0.330 e. The Balaban J connectivity index is 3.62. The Morgan fingerprint density at radius 3 is 1.07 bits per heavy atom. The van der Waals surface area contributed by atoms with E-state index in [2.05, 4.69) is 20.8 Å². The number of unbranched alkanes of at least 4 members (excludes halogenated alkanes) is 17. The summed E-state index contributed by atoms with van der Waals surface area (Å²) in [5.74, 6) is 0. The average molecular weight is 447 g/mol. The summed E-state index contributed by atoms with van der Waals surface area (Å²) >= 11 is 0. The maximum atomic E-state index is 12.9. The van der Waals surface area contributed by atoms with Crippen molar-refractivity contribution in [3.8, 4) is 0 Å². The number of hydrogen-bond acceptors (Lipinski definition) is 3. The van der Waals surface area contributed by atoms with Gasteiger partial charge in [-0.2, -0.15) is 0 Å². The first-order valence-corrected chi connectivity index (χ1v) is 15.3. The van der Waals surface area contributed by atoms with Crippen molar-refractivity contribution in [1.82, 2.24) is 0 Å². The van der Waals surface area contributed by atoms with E-state index in [0.29, 0.717) is 19.4 Å². The van der Waals surface area contributed by atoms with Crippen molar-refractivity contribution >= 4 is 7.60 Å². The summed E-state index contributed by atoms with van der Waals surface area (Å²) in [6.45, 7) is 7.81. The molecule has 1 atom stereocenters. The SMILES string of the molecule is CCCCCCCCCCCCCCCOP(=O)(CCCC)OCCCCCCC. The molecule has 0 amide bonds. The van der Waals surface area contributed by atoms with E-state index in [1.54, 1.807) is 0 Å². The maximum absolute atomic E-state index is 12.9. The van der Waals surface area contributed by atoms with Gasteiger partial charge in [0.2, 0.25) is 0 Å². The van der Waals surface area contributed by atoms with Crippen LogP contribution in [-0.4, -0.2) is 19.4 Å². The lowest BCUT2D eigenvalue weighted by molar-refractivity contribution is 0.197. The van der Waals surface area contributed by atoms with Crippen LogP contribution in [0.5, 0.6) is 0 Å². The van der Waals surface area contributed by atoms with Crippen LogP contribution in [0.1, 0.15) is 149 Å². The van der Waals surface area contributed by atoms with Crippen LogP contribution < -0.4 is 0 Å². The highest BCUT2D eigenvalue weighted by atomic mass is 31.2. The van der Waals surface area contributed by atoms with E-state index in [1.165, 1.54) is 103 Å². The molecule has 0 aromatic heterocycles. The number of rotatable bonds is 25. The van der Waals surface area contributed by atoms with Crippen molar-refractivity contribution in [1.29, 1.82) is 0 Å². The van der Waals surface area contributed by atoms with Crippen LogP contribution in [0.4, 0.5) is 0 Å². The van der Waals surface area contributed by atoms with Gasteiger partial charge in [0.25, 0.3) is 0 Å². The molecule has 0 N–H and O–H groups in total. The summed E-state index contributed by atoms with van der Waals surface area (Å²) in [7, 11) is -2.88. The standard InChI is InChI=1S/C26H55O3P/c1-4-7-10-12-13-14-15-16-17-18-19-21-23-25-29-30(27,26-9-6-3)28-24-22-20-11-8-5-2/h4-26H2,1-3H3. The molecule has 0 saturated carbocycles. The predicted molar refractivity (Wildman–Crippen MR) is 134 cm³/mol. The largest absolute Gasteiger partial charge is 0.330 e. The van der Waals surface area contributed by atoms with E-state index in [9.17, 15) is 4.57 Å². The lowest BCUT2D eigenvalue weighted by Gasteiger charge is -2.18. The van der Waals surface area contributed by atoms with Crippen molar-refractivity contribution in [2.24, 2.45) is 0 Å². The van der Waals surface area contributed by atoms with Crippen LogP contribution in [0, 0.1) is 0 Å². The zero-order valence-electron chi connectivity index (χ0n) is 20.9. The highest BCUT2D eigenvalue weighted by Gasteiger charge is 2.23. The molecule has 0 fully saturated rings. The third-order valence-electron chi connectivity index (χ3n) is 5.86. The van der Waals surface area contributed by atoms with Crippen molar-refractivity contribution in [3.05, 3.63) is 0 Å². The third kappa shape index (κ3) is 21.4. The fourth-order valence-corrected chi connectivity index (χ4v) is 5.60. The van der Waals surface area contributed by atoms with E-state index in [1.807, 2.05) is 0 Å². The van der Waals surface area contributed by atoms with Gasteiger partial charge in [0.15, 0.2) is 0 Å². The topological polar surface area (TPSA) is 35.5 Å². The molecule has 0 bridgehead atoms. The van der Waals surface area contributed by atoms with Gasteiger partial charge in [-0.1, -0.05) is 130 Å². The van der Waals surface area contributed by atoms with Gasteiger partial charge in [-0.3, -0.25) is 4.57 Å². The molecule has 0 aromatic rings. The Kier molecular flexibility index (Phi) is 23.9. The summed E-state index contributed by atoms with van der Waals surface area (Å²) in [4.78, 5) is 0. The van der Waals surface area contributed by atoms with Crippen LogP contribution in [0.2, 0.25) is 0 Å². The van der Waals surface area contributed by atoms with Gasteiger partial charge in [-0.05, 0) is 19.3 Å². The van der Waals surface area contributed by atoms with E-state index < -0.39 is 7.60 Å². The molecule has 30 heavy (non-hydrogen) atoms. The molecule has 4 heteroatoms. The van der Waals surface area contributed by atoms with E-state index in [4.69, 9.17) is 9.05 Å². The lowest BCUT2D eigenvalue weighted by atomic mass is 10.0. The molecule has 0 aliphatic rings. The van der Waals surface area contributed by atoms with E-state index in [0.717, 1.165) is 25.7 Å². The molecule has 0 saturated heterocycles. The second-order valence-electron chi connectivity index (χ2n) is 9.01. The minimum Gasteiger partial charge on any atom is -0.309 e. The minimum atomic E-state index is -2.88. The smallest absolute Gasteiger partial charge is 0.309 e. The van der Waals surface area contributed by atoms with E-state index in [-0.39, 0.29) is 0 Å². The highest BCUT2D eigenvalue weighted by Crippen LogP contribution is 2.49. The van der Waals surface area contributed by atoms with Gasteiger partial charge >= 0.3 is 7.60 Å². The normalized spacial score (nSPS) is 13.6.